The van der Waals surface area contributed by atoms with Gasteiger partial charge in [-0.2, -0.15) is 36.4 Å². The molecular formula is C30H23FeN4O8. The molecule has 12 nitrogen and oxygen atoms in total. The van der Waals surface area contributed by atoms with Crippen LogP contribution >= 0.6 is 0 Å². The van der Waals surface area contributed by atoms with Gasteiger partial charge in [-0.05, 0) is 72.8 Å². The molecule has 3 aromatic heterocycles. The minimum Gasteiger partial charge on any atom is -0.665 e. The van der Waals surface area contributed by atoms with E-state index in [1.165, 1.54) is 0 Å². The summed E-state index contributed by atoms with van der Waals surface area (Å²) in [5.74, 6) is 0. The van der Waals surface area contributed by atoms with Gasteiger partial charge >= 0.3 is 17.1 Å². The van der Waals surface area contributed by atoms with E-state index in [1.807, 2.05) is 72.8 Å². The summed E-state index contributed by atoms with van der Waals surface area (Å²) >= 11 is 0. The molecule has 5 heterocycles. The third kappa shape index (κ3) is 15.6. The van der Waals surface area contributed by atoms with Gasteiger partial charge in [0.05, 0.1) is 22.8 Å². The fourth-order valence-electron chi connectivity index (χ4n) is 3.29. The molecule has 219 valence electrons. The Bertz CT molecular complexity index is 1480. The van der Waals surface area contributed by atoms with E-state index in [-0.39, 0.29) is 17.1 Å². The number of aliphatic hydroxyl groups excluding tert-OH is 4. The van der Waals surface area contributed by atoms with Crippen LogP contribution in [0.4, 0.5) is 0 Å². The largest absolute Gasteiger partial charge is 5.00 e. The molecule has 0 saturated heterocycles. The number of aromatic amines is 2. The number of H-pyrrole nitrogens is 2. The molecule has 0 aliphatic carbocycles. The summed E-state index contributed by atoms with van der Waals surface area (Å²) in [5.41, 5.74) is 7.86. The van der Waals surface area contributed by atoms with Crippen molar-refractivity contribution >= 4 is 72.3 Å². The van der Waals surface area contributed by atoms with Gasteiger partial charge in [0.25, 0.3) is 0 Å². The molecule has 1 radical (unpaired) electrons. The number of nitrogens with zero attached hydrogens (tertiary/aromatic N) is 2. The third-order valence-corrected chi connectivity index (χ3v) is 4.65. The number of rotatable bonds is 0. The van der Waals surface area contributed by atoms with Crippen LogP contribution < -0.4 is 0 Å². The average Bonchev–Trinajstić information content (AvgIpc) is 3.79. The second-order valence-electron chi connectivity index (χ2n) is 7.35. The van der Waals surface area contributed by atoms with Crippen molar-refractivity contribution in [3.8, 4) is 0 Å². The second kappa shape index (κ2) is 23.0. The smallest absolute Gasteiger partial charge is 0.665 e. The van der Waals surface area contributed by atoms with E-state index in [4.69, 9.17) is 39.6 Å². The molecule has 0 atom stereocenters. The fourth-order valence-corrected chi connectivity index (χ4v) is 3.29. The molecule has 8 bridgehead atoms. The van der Waals surface area contributed by atoms with Crippen molar-refractivity contribution in [1.29, 1.82) is 0 Å². The molecule has 2 aliphatic heterocycles. The summed E-state index contributed by atoms with van der Waals surface area (Å²) in [6, 6.07) is 28.9. The van der Waals surface area contributed by atoms with Crippen LogP contribution in [0, 0.1) is 6.07 Å². The molecule has 6 rings (SSSR count). The van der Waals surface area contributed by atoms with E-state index >= 15 is 0 Å². The number of nitrogens with one attached hydrogen (secondary N) is 2. The van der Waals surface area contributed by atoms with Crippen LogP contribution in [0.15, 0.2) is 78.9 Å². The zero-order valence-corrected chi connectivity index (χ0v) is 23.1. The van der Waals surface area contributed by atoms with Crippen LogP contribution in [0.5, 0.6) is 0 Å². The van der Waals surface area contributed by atoms with Crippen LogP contribution in [-0.4, -0.2) is 66.3 Å². The predicted molar refractivity (Wildman–Crippen MR) is 157 cm³/mol. The van der Waals surface area contributed by atoms with Crippen molar-refractivity contribution in [2.75, 3.05) is 0 Å². The van der Waals surface area contributed by atoms with Crippen LogP contribution in [0.1, 0.15) is 22.8 Å². The SMILES string of the molecule is C1=Cc2cc3ccc(cc4ccc(cc5nc(cc1n2)C=C5)[nH]4)[nH]3.O=[C-]O.O=[C-]O.O=[C-]O.O=[C-]O.[Fe+5].[c-]1ccccc1. The van der Waals surface area contributed by atoms with Gasteiger partial charge < -0.3 is 49.6 Å². The third-order valence-electron chi connectivity index (χ3n) is 4.65. The van der Waals surface area contributed by atoms with Crippen molar-refractivity contribution in [1.82, 2.24) is 19.9 Å². The second-order valence-corrected chi connectivity index (χ2v) is 7.35. The number of hydrogen-bond donors (Lipinski definition) is 6. The van der Waals surface area contributed by atoms with E-state index < -0.39 is 0 Å². The van der Waals surface area contributed by atoms with Gasteiger partial charge in [-0.25, -0.2) is 9.97 Å². The van der Waals surface area contributed by atoms with E-state index in [2.05, 4.69) is 56.3 Å². The van der Waals surface area contributed by atoms with Crippen molar-refractivity contribution in [2.24, 2.45) is 0 Å². The predicted octanol–water partition coefficient (Wildman–Crippen LogP) is 4.59. The molecule has 0 unspecified atom stereocenters. The molecular weight excluding hydrogens is 600 g/mol. The zero-order chi connectivity index (χ0) is 31.0. The van der Waals surface area contributed by atoms with Gasteiger partial charge in [-0.1, -0.05) is 25.9 Å². The van der Waals surface area contributed by atoms with Crippen LogP contribution in [0.2, 0.25) is 0 Å². The Morgan fingerprint density at radius 2 is 0.814 bits per heavy atom. The maximum atomic E-state index is 8.24. The van der Waals surface area contributed by atoms with Gasteiger partial charge in [0.1, 0.15) is 0 Å². The average molecular weight is 623 g/mol. The first-order valence-corrected chi connectivity index (χ1v) is 11.5. The van der Waals surface area contributed by atoms with E-state index in [1.54, 1.807) is 0 Å². The quantitative estimate of drug-likeness (QED) is 0.103. The Kier molecular flexibility index (Phi) is 19.9. The van der Waals surface area contributed by atoms with E-state index in [0.29, 0.717) is 25.9 Å². The maximum absolute atomic E-state index is 8.24. The summed E-state index contributed by atoms with van der Waals surface area (Å²) in [5, 5.41) is 27.1. The van der Waals surface area contributed by atoms with Crippen molar-refractivity contribution in [3.63, 3.8) is 0 Å². The normalized spacial score (nSPS) is 9.30. The zero-order valence-electron chi connectivity index (χ0n) is 22.0. The van der Waals surface area contributed by atoms with Gasteiger partial charge in [0.15, 0.2) is 0 Å². The number of aromatic nitrogens is 4. The first-order valence-electron chi connectivity index (χ1n) is 11.5. The molecule has 0 amide bonds. The first-order chi connectivity index (χ1) is 20.5. The molecule has 6 N–H and O–H groups in total. The first kappa shape index (κ1) is 37.2. The van der Waals surface area contributed by atoms with E-state index in [9.17, 15) is 0 Å². The van der Waals surface area contributed by atoms with Gasteiger partial charge in [-0.3, -0.25) is 0 Å². The Morgan fingerprint density at radius 1 is 0.512 bits per heavy atom. The van der Waals surface area contributed by atoms with Gasteiger partial charge in [-0.15, -0.1) is 0 Å². The van der Waals surface area contributed by atoms with Crippen molar-refractivity contribution in [2.45, 2.75) is 0 Å². The van der Waals surface area contributed by atoms with E-state index in [0.717, 1.165) is 44.8 Å². The number of benzene rings is 1. The maximum Gasteiger partial charge on any atom is 5.00 e. The Balaban J connectivity index is 0.000000771. The molecule has 0 fully saturated rings. The van der Waals surface area contributed by atoms with Crippen LogP contribution in [0.25, 0.3) is 46.4 Å². The monoisotopic (exact) mass is 623 g/mol. The Hall–Kier alpha value is -5.78. The topological polar surface area (TPSA) is 207 Å². The summed E-state index contributed by atoms with van der Waals surface area (Å²) in [6.07, 6.45) is 8.05. The summed E-state index contributed by atoms with van der Waals surface area (Å²) in [7, 11) is 0. The number of fused-ring (bicyclic) bond motifs is 8. The standard InChI is InChI=1S/C20H14N4.C6H5.4CHO2.Fe/c1-2-14-10-16-5-6-18(23-16)12-20-8-7-19(24-20)11-17-4-3-15(22-17)9-13(1)21-14;1-2-4-6-5-3-1;4*2-1-3;/h1-12,21-22H;1-5H;4*(H,2,3);/q;5*-1;+5. The summed E-state index contributed by atoms with van der Waals surface area (Å²) in [6.45, 7) is 2.00. The molecule has 1 aromatic carbocycles. The summed E-state index contributed by atoms with van der Waals surface area (Å²) in [4.78, 5) is 49.0. The molecule has 13 heteroatoms. The molecule has 0 spiro atoms. The molecule has 4 aromatic rings. The van der Waals surface area contributed by atoms with Crippen molar-refractivity contribution in [3.05, 3.63) is 108 Å². The number of hydrogen-bond acceptors (Lipinski definition) is 6. The van der Waals surface area contributed by atoms with Crippen LogP contribution in [-0.2, 0) is 36.2 Å². The molecule has 0 saturated carbocycles. The molecule has 2 aliphatic rings. The summed E-state index contributed by atoms with van der Waals surface area (Å²) < 4.78 is 0. The fraction of sp³-hybridized carbons (Fsp3) is 0. The minimum absolute atomic E-state index is 0. The van der Waals surface area contributed by atoms with Gasteiger partial charge in [0, 0.05) is 22.1 Å². The minimum atomic E-state index is 0. The Labute approximate surface area is 256 Å². The Morgan fingerprint density at radius 3 is 1.09 bits per heavy atom. The molecule has 43 heavy (non-hydrogen) atoms. The van der Waals surface area contributed by atoms with Crippen LogP contribution in [0.3, 0.4) is 0 Å². The van der Waals surface area contributed by atoms with Gasteiger partial charge in [0.2, 0.25) is 0 Å². The van der Waals surface area contributed by atoms with Crippen molar-refractivity contribution < 1.29 is 56.7 Å².